The summed E-state index contributed by atoms with van der Waals surface area (Å²) in [5.41, 5.74) is 1.53. The van der Waals surface area contributed by atoms with Crippen LogP contribution >= 0.6 is 0 Å². The van der Waals surface area contributed by atoms with E-state index in [1.165, 1.54) is 0 Å². The minimum absolute atomic E-state index is 0.132. The maximum absolute atomic E-state index is 12.3. The van der Waals surface area contributed by atoms with Gasteiger partial charge in [0.25, 0.3) is 5.91 Å². The molecular weight excluding hydrogens is 292 g/mol. The quantitative estimate of drug-likeness (QED) is 0.916. The van der Waals surface area contributed by atoms with Crippen LogP contribution in [0.5, 0.6) is 5.75 Å². The van der Waals surface area contributed by atoms with Gasteiger partial charge in [-0.3, -0.25) is 4.79 Å². The first-order valence-corrected chi connectivity index (χ1v) is 8.01. The zero-order valence-electron chi connectivity index (χ0n) is 13.6. The molecule has 1 N–H and O–H groups in total. The largest absolute Gasteiger partial charge is 0.492 e. The summed E-state index contributed by atoms with van der Waals surface area (Å²) in [6, 6.07) is 1.84. The summed E-state index contributed by atoms with van der Waals surface area (Å²) >= 11 is 0. The molecule has 6 heteroatoms. The van der Waals surface area contributed by atoms with Crippen LogP contribution in [-0.2, 0) is 13.0 Å². The van der Waals surface area contributed by atoms with E-state index < -0.39 is 0 Å². The van der Waals surface area contributed by atoms with Gasteiger partial charge in [0, 0.05) is 25.5 Å². The number of carbonyl (C=O) groups excluding carboxylic acids is 1. The minimum atomic E-state index is -0.132. The Morgan fingerprint density at radius 2 is 2.35 bits per heavy atom. The Morgan fingerprint density at radius 1 is 1.48 bits per heavy atom. The normalized spacial score (nSPS) is 14.7. The first kappa shape index (κ1) is 15.5. The van der Waals surface area contributed by atoms with Crippen LogP contribution in [0.4, 0.5) is 0 Å². The van der Waals surface area contributed by atoms with Crippen LogP contribution in [0.3, 0.4) is 0 Å². The molecule has 1 atom stereocenters. The summed E-state index contributed by atoms with van der Waals surface area (Å²) in [6.07, 6.45) is 7.33. The molecule has 0 bridgehead atoms. The molecule has 0 saturated carbocycles. The molecular formula is C17H22N4O2. The Kier molecular flexibility index (Phi) is 4.60. The highest BCUT2D eigenvalue weighted by Gasteiger charge is 2.15. The Morgan fingerprint density at radius 3 is 3.13 bits per heavy atom. The average Bonchev–Trinajstić information content (AvgIpc) is 2.97. The second-order valence-corrected chi connectivity index (χ2v) is 6.07. The standard InChI is InChI=1S/C17H22N4O2/c1-12(11-21-6-5-18-13(21)2)9-20-17(22)15-8-14-4-3-7-23-16(14)10-19-15/h5-6,8,10,12H,3-4,7,9,11H2,1-2H3,(H,20,22)/t12-/m1/s1. The van der Waals surface area contributed by atoms with Crippen LogP contribution in [0.1, 0.15) is 35.2 Å². The number of rotatable bonds is 5. The Bertz CT molecular complexity index is 696. The molecule has 0 spiro atoms. The SMILES string of the molecule is Cc1nccn1C[C@H](C)CNC(=O)c1cc2c(cn1)OCCC2. The molecule has 122 valence electrons. The monoisotopic (exact) mass is 314 g/mol. The van der Waals surface area contributed by atoms with Gasteiger partial charge in [-0.2, -0.15) is 0 Å². The third kappa shape index (κ3) is 3.70. The number of ether oxygens (including phenoxy) is 1. The Hall–Kier alpha value is -2.37. The van der Waals surface area contributed by atoms with Gasteiger partial charge in [0.2, 0.25) is 0 Å². The fraction of sp³-hybridized carbons (Fsp3) is 0.471. The van der Waals surface area contributed by atoms with Gasteiger partial charge in [-0.15, -0.1) is 0 Å². The van der Waals surface area contributed by atoms with E-state index in [-0.39, 0.29) is 5.91 Å². The average molecular weight is 314 g/mol. The van der Waals surface area contributed by atoms with Crippen LogP contribution in [0.25, 0.3) is 0 Å². The van der Waals surface area contributed by atoms with Crippen molar-refractivity contribution in [3.63, 3.8) is 0 Å². The van der Waals surface area contributed by atoms with Gasteiger partial charge in [-0.25, -0.2) is 9.97 Å². The van der Waals surface area contributed by atoms with E-state index in [4.69, 9.17) is 4.74 Å². The lowest BCUT2D eigenvalue weighted by Crippen LogP contribution is -2.30. The minimum Gasteiger partial charge on any atom is -0.492 e. The predicted octanol–water partition coefficient (Wildman–Crippen LogP) is 1.98. The number of carbonyl (C=O) groups is 1. The summed E-state index contributed by atoms with van der Waals surface area (Å²) < 4.78 is 7.61. The van der Waals surface area contributed by atoms with Crippen LogP contribution in [0.2, 0.25) is 0 Å². The highest BCUT2D eigenvalue weighted by molar-refractivity contribution is 5.92. The van der Waals surface area contributed by atoms with Gasteiger partial charge in [-0.1, -0.05) is 6.92 Å². The molecule has 2 aromatic heterocycles. The van der Waals surface area contributed by atoms with Gasteiger partial charge >= 0.3 is 0 Å². The number of hydrogen-bond acceptors (Lipinski definition) is 4. The Labute approximate surface area is 135 Å². The van der Waals surface area contributed by atoms with Gasteiger partial charge in [0.1, 0.15) is 17.3 Å². The van der Waals surface area contributed by atoms with Crippen molar-refractivity contribution in [3.05, 3.63) is 41.7 Å². The van der Waals surface area contributed by atoms with Crippen LogP contribution < -0.4 is 10.1 Å². The predicted molar refractivity (Wildman–Crippen MR) is 86.5 cm³/mol. The highest BCUT2D eigenvalue weighted by Crippen LogP contribution is 2.23. The number of aromatic nitrogens is 3. The second kappa shape index (κ2) is 6.81. The summed E-state index contributed by atoms with van der Waals surface area (Å²) in [7, 11) is 0. The first-order chi connectivity index (χ1) is 11.1. The summed E-state index contributed by atoms with van der Waals surface area (Å²) in [5, 5.41) is 2.96. The smallest absolute Gasteiger partial charge is 0.269 e. The number of aryl methyl sites for hydroxylation is 2. The van der Waals surface area contributed by atoms with E-state index in [0.29, 0.717) is 18.2 Å². The van der Waals surface area contributed by atoms with Gasteiger partial charge < -0.3 is 14.6 Å². The number of fused-ring (bicyclic) bond motifs is 1. The fourth-order valence-corrected chi connectivity index (χ4v) is 2.73. The lowest BCUT2D eigenvalue weighted by Gasteiger charge is -2.17. The second-order valence-electron chi connectivity index (χ2n) is 6.07. The van der Waals surface area contributed by atoms with Crippen molar-refractivity contribution in [2.24, 2.45) is 5.92 Å². The zero-order valence-corrected chi connectivity index (χ0v) is 13.6. The van der Waals surface area contributed by atoms with E-state index in [1.807, 2.05) is 19.2 Å². The van der Waals surface area contributed by atoms with E-state index in [2.05, 4.69) is 26.8 Å². The number of pyridine rings is 1. The molecule has 0 aromatic carbocycles. The zero-order chi connectivity index (χ0) is 16.2. The summed E-state index contributed by atoms with van der Waals surface area (Å²) in [5.74, 6) is 1.97. The lowest BCUT2D eigenvalue weighted by atomic mass is 10.1. The number of nitrogens with zero attached hydrogens (tertiary/aromatic N) is 3. The van der Waals surface area contributed by atoms with E-state index in [0.717, 1.165) is 43.1 Å². The molecule has 0 radical (unpaired) electrons. The molecule has 6 nitrogen and oxygen atoms in total. The summed E-state index contributed by atoms with van der Waals surface area (Å²) in [6.45, 7) is 6.24. The molecule has 0 saturated heterocycles. The van der Waals surface area contributed by atoms with Crippen LogP contribution in [0, 0.1) is 12.8 Å². The van der Waals surface area contributed by atoms with Crippen LogP contribution in [0.15, 0.2) is 24.7 Å². The van der Waals surface area contributed by atoms with E-state index in [1.54, 1.807) is 12.4 Å². The summed E-state index contributed by atoms with van der Waals surface area (Å²) in [4.78, 5) is 20.7. The fourth-order valence-electron chi connectivity index (χ4n) is 2.73. The number of hydrogen-bond donors (Lipinski definition) is 1. The van der Waals surface area contributed by atoms with Crippen molar-refractivity contribution in [1.82, 2.24) is 19.9 Å². The maximum Gasteiger partial charge on any atom is 0.269 e. The van der Waals surface area contributed by atoms with Crippen molar-refractivity contribution in [3.8, 4) is 5.75 Å². The molecule has 23 heavy (non-hydrogen) atoms. The van der Waals surface area contributed by atoms with Crippen molar-refractivity contribution >= 4 is 5.91 Å². The third-order valence-corrected chi connectivity index (χ3v) is 4.07. The van der Waals surface area contributed by atoms with E-state index >= 15 is 0 Å². The molecule has 2 aromatic rings. The van der Waals surface area contributed by atoms with Gasteiger partial charge in [-0.05, 0) is 37.3 Å². The van der Waals surface area contributed by atoms with Crippen LogP contribution in [-0.4, -0.2) is 33.6 Å². The first-order valence-electron chi connectivity index (χ1n) is 8.01. The van der Waals surface area contributed by atoms with Crippen molar-refractivity contribution < 1.29 is 9.53 Å². The van der Waals surface area contributed by atoms with E-state index in [9.17, 15) is 4.79 Å². The maximum atomic E-state index is 12.3. The molecule has 0 unspecified atom stereocenters. The number of nitrogens with one attached hydrogen (secondary N) is 1. The Balaban J connectivity index is 1.56. The number of amides is 1. The number of imidazole rings is 1. The molecule has 3 rings (SSSR count). The molecule has 1 aliphatic rings. The van der Waals surface area contributed by atoms with Crippen molar-refractivity contribution in [2.75, 3.05) is 13.2 Å². The topological polar surface area (TPSA) is 69.0 Å². The molecule has 0 aliphatic carbocycles. The molecule has 3 heterocycles. The van der Waals surface area contributed by atoms with Crippen molar-refractivity contribution in [1.29, 1.82) is 0 Å². The van der Waals surface area contributed by atoms with Gasteiger partial charge in [0.05, 0.1) is 12.8 Å². The van der Waals surface area contributed by atoms with Gasteiger partial charge in [0.15, 0.2) is 0 Å². The highest BCUT2D eigenvalue weighted by atomic mass is 16.5. The third-order valence-electron chi connectivity index (χ3n) is 4.07. The molecule has 1 aliphatic heterocycles. The lowest BCUT2D eigenvalue weighted by molar-refractivity contribution is 0.0941. The molecule has 1 amide bonds. The molecule has 0 fully saturated rings. The van der Waals surface area contributed by atoms with Crippen molar-refractivity contribution in [2.45, 2.75) is 33.2 Å².